The maximum absolute atomic E-state index is 13.2. The van der Waals surface area contributed by atoms with E-state index in [1.807, 2.05) is 0 Å². The Labute approximate surface area is 149 Å². The molecule has 140 valence electrons. The van der Waals surface area contributed by atoms with Gasteiger partial charge in [-0.2, -0.15) is 0 Å². The van der Waals surface area contributed by atoms with E-state index in [2.05, 4.69) is 5.32 Å². The van der Waals surface area contributed by atoms with E-state index in [0.717, 1.165) is 43.9 Å². The van der Waals surface area contributed by atoms with Gasteiger partial charge < -0.3 is 15.3 Å². The number of carboxylic acid groups (broad SMARTS) is 1. The number of benzene rings is 1. The predicted octanol–water partition coefficient (Wildman–Crippen LogP) is 1.94. The van der Waals surface area contributed by atoms with Crippen molar-refractivity contribution in [3.05, 3.63) is 35.4 Å². The first-order chi connectivity index (χ1) is 12.4. The largest absolute Gasteiger partial charge is 0.480 e. The number of hydrogen-bond donors (Lipinski definition) is 2. The van der Waals surface area contributed by atoms with Crippen LogP contribution in [0.3, 0.4) is 0 Å². The lowest BCUT2D eigenvalue weighted by Gasteiger charge is -2.33. The number of carbonyl (C=O) groups is 3. The Bertz CT molecular complexity index is 740. The summed E-state index contributed by atoms with van der Waals surface area (Å²) in [5.74, 6) is -4.27. The molecule has 1 aromatic carbocycles. The minimum Gasteiger partial charge on any atom is -0.480 e. The number of likely N-dealkylation sites (tertiary alicyclic amines) is 1. The molecule has 1 saturated carbocycles. The van der Waals surface area contributed by atoms with Crippen LogP contribution in [0.4, 0.5) is 8.78 Å². The van der Waals surface area contributed by atoms with E-state index >= 15 is 0 Å². The van der Waals surface area contributed by atoms with Crippen molar-refractivity contribution in [2.45, 2.75) is 44.2 Å². The fourth-order valence-corrected chi connectivity index (χ4v) is 4.03. The summed E-state index contributed by atoms with van der Waals surface area (Å²) in [5.41, 5.74) is -0.108. The quantitative estimate of drug-likeness (QED) is 0.853. The molecule has 8 heteroatoms. The van der Waals surface area contributed by atoms with Crippen LogP contribution in [-0.2, 0) is 9.59 Å². The molecule has 2 fully saturated rings. The molecule has 3 rings (SSSR count). The molecule has 3 unspecified atom stereocenters. The number of rotatable bonds is 4. The summed E-state index contributed by atoms with van der Waals surface area (Å²) < 4.78 is 26.1. The van der Waals surface area contributed by atoms with Crippen molar-refractivity contribution in [2.75, 3.05) is 6.54 Å². The Hall–Kier alpha value is -2.51. The number of halogens is 2. The molecule has 2 N–H and O–H groups in total. The van der Waals surface area contributed by atoms with Crippen LogP contribution in [0.15, 0.2) is 18.2 Å². The monoisotopic (exact) mass is 366 g/mol. The molecule has 2 aliphatic rings. The van der Waals surface area contributed by atoms with Gasteiger partial charge in [0.15, 0.2) is 11.6 Å². The molecule has 6 nitrogen and oxygen atoms in total. The zero-order valence-corrected chi connectivity index (χ0v) is 14.1. The van der Waals surface area contributed by atoms with Gasteiger partial charge in [-0.25, -0.2) is 13.6 Å². The van der Waals surface area contributed by atoms with Crippen LogP contribution in [0.25, 0.3) is 0 Å². The summed E-state index contributed by atoms with van der Waals surface area (Å²) in [4.78, 5) is 37.5. The van der Waals surface area contributed by atoms with Crippen molar-refractivity contribution in [3.63, 3.8) is 0 Å². The van der Waals surface area contributed by atoms with E-state index in [-0.39, 0.29) is 24.1 Å². The van der Waals surface area contributed by atoms with E-state index < -0.39 is 35.5 Å². The highest BCUT2D eigenvalue weighted by Crippen LogP contribution is 2.39. The van der Waals surface area contributed by atoms with Gasteiger partial charge in [-0.3, -0.25) is 9.59 Å². The van der Waals surface area contributed by atoms with E-state index in [9.17, 15) is 28.3 Å². The third kappa shape index (κ3) is 3.54. The average molecular weight is 366 g/mol. The summed E-state index contributed by atoms with van der Waals surface area (Å²) in [6.45, 7) is -0.384. The first-order valence-corrected chi connectivity index (χ1v) is 8.65. The molecule has 1 heterocycles. The molecule has 3 atom stereocenters. The summed E-state index contributed by atoms with van der Waals surface area (Å²) in [6, 6.07) is 1.71. The second-order valence-electron chi connectivity index (χ2n) is 6.81. The van der Waals surface area contributed by atoms with E-state index in [1.165, 1.54) is 4.90 Å². The summed E-state index contributed by atoms with van der Waals surface area (Å²) in [5, 5.41) is 11.8. The van der Waals surface area contributed by atoms with Gasteiger partial charge in [-0.15, -0.1) is 0 Å². The molecular weight excluding hydrogens is 346 g/mol. The van der Waals surface area contributed by atoms with E-state index in [4.69, 9.17) is 0 Å². The molecule has 1 saturated heterocycles. The van der Waals surface area contributed by atoms with Crippen molar-refractivity contribution in [1.82, 2.24) is 10.2 Å². The first kappa shape index (κ1) is 18.3. The Morgan fingerprint density at radius 2 is 1.88 bits per heavy atom. The highest BCUT2D eigenvalue weighted by Gasteiger charge is 2.47. The normalized spacial score (nSPS) is 24.8. The maximum atomic E-state index is 13.2. The van der Waals surface area contributed by atoms with Crippen LogP contribution in [0.1, 0.15) is 42.5 Å². The van der Waals surface area contributed by atoms with Gasteiger partial charge >= 0.3 is 5.97 Å². The fraction of sp³-hybridized carbons (Fsp3) is 0.500. The Balaban J connectivity index is 1.66. The van der Waals surface area contributed by atoms with Gasteiger partial charge in [0.1, 0.15) is 6.04 Å². The number of hydrogen-bond acceptors (Lipinski definition) is 3. The second-order valence-corrected chi connectivity index (χ2v) is 6.81. The Kier molecular flexibility index (Phi) is 5.20. The Morgan fingerprint density at radius 1 is 1.15 bits per heavy atom. The number of amides is 2. The lowest BCUT2D eigenvalue weighted by atomic mass is 9.85. The zero-order chi connectivity index (χ0) is 18.8. The second kappa shape index (κ2) is 7.39. The van der Waals surface area contributed by atoms with Gasteiger partial charge in [-0.05, 0) is 43.4 Å². The van der Waals surface area contributed by atoms with Gasteiger partial charge in [-0.1, -0.05) is 12.8 Å². The SMILES string of the molecule is O=C(NCC(=O)N1C(C(=O)O)CC2CCCCC21)c1ccc(F)c(F)c1. The van der Waals surface area contributed by atoms with Crippen LogP contribution in [0.2, 0.25) is 0 Å². The molecule has 0 spiro atoms. The minimum absolute atomic E-state index is 0.108. The summed E-state index contributed by atoms with van der Waals surface area (Å²) in [6.07, 6.45) is 4.07. The Morgan fingerprint density at radius 3 is 2.58 bits per heavy atom. The van der Waals surface area contributed by atoms with Gasteiger partial charge in [0, 0.05) is 11.6 Å². The number of carboxylic acids is 1. The van der Waals surface area contributed by atoms with Crippen molar-refractivity contribution >= 4 is 17.8 Å². The third-order valence-corrected chi connectivity index (χ3v) is 5.24. The van der Waals surface area contributed by atoms with Crippen LogP contribution in [0, 0.1) is 17.6 Å². The lowest BCUT2D eigenvalue weighted by Crippen LogP contribution is -2.50. The molecule has 0 radical (unpaired) electrons. The van der Waals surface area contributed by atoms with Crippen LogP contribution >= 0.6 is 0 Å². The van der Waals surface area contributed by atoms with E-state index in [0.29, 0.717) is 6.42 Å². The van der Waals surface area contributed by atoms with Crippen molar-refractivity contribution in [3.8, 4) is 0 Å². The van der Waals surface area contributed by atoms with Crippen LogP contribution < -0.4 is 5.32 Å². The third-order valence-electron chi connectivity index (χ3n) is 5.24. The molecule has 26 heavy (non-hydrogen) atoms. The molecular formula is C18H20F2N2O4. The van der Waals surface area contributed by atoms with Crippen molar-refractivity contribution in [1.29, 1.82) is 0 Å². The number of fused-ring (bicyclic) bond motifs is 1. The fourth-order valence-electron chi connectivity index (χ4n) is 4.03. The maximum Gasteiger partial charge on any atom is 0.326 e. The number of nitrogens with one attached hydrogen (secondary N) is 1. The first-order valence-electron chi connectivity index (χ1n) is 8.65. The number of aliphatic carboxylic acids is 1. The standard InChI is InChI=1S/C18H20F2N2O4/c19-12-6-5-11(7-13(12)20)17(24)21-9-16(23)22-14-4-2-1-3-10(14)8-15(22)18(25)26/h5-7,10,14-15H,1-4,8-9H2,(H,21,24)(H,25,26). The summed E-state index contributed by atoms with van der Waals surface area (Å²) in [7, 11) is 0. The summed E-state index contributed by atoms with van der Waals surface area (Å²) >= 11 is 0. The highest BCUT2D eigenvalue weighted by atomic mass is 19.2. The smallest absolute Gasteiger partial charge is 0.326 e. The van der Waals surface area contributed by atoms with Gasteiger partial charge in [0.25, 0.3) is 5.91 Å². The average Bonchev–Trinajstić information content (AvgIpc) is 3.01. The van der Waals surface area contributed by atoms with E-state index in [1.54, 1.807) is 0 Å². The lowest BCUT2D eigenvalue weighted by molar-refractivity contribution is -0.149. The van der Waals surface area contributed by atoms with Crippen molar-refractivity contribution in [2.24, 2.45) is 5.92 Å². The number of nitrogens with zero attached hydrogens (tertiary/aromatic N) is 1. The molecule has 0 aromatic heterocycles. The molecule has 2 amide bonds. The number of carbonyl (C=O) groups excluding carboxylic acids is 2. The van der Waals surface area contributed by atoms with Crippen molar-refractivity contribution < 1.29 is 28.3 Å². The van der Waals surface area contributed by atoms with Crippen LogP contribution in [0.5, 0.6) is 0 Å². The molecule has 1 aromatic rings. The van der Waals surface area contributed by atoms with Gasteiger partial charge in [0.05, 0.1) is 6.54 Å². The van der Waals surface area contributed by atoms with Gasteiger partial charge in [0.2, 0.25) is 5.91 Å². The highest BCUT2D eigenvalue weighted by molar-refractivity contribution is 5.97. The minimum atomic E-state index is -1.15. The molecule has 0 bridgehead atoms. The molecule has 1 aliphatic heterocycles. The predicted molar refractivity (Wildman–Crippen MR) is 87.3 cm³/mol. The zero-order valence-electron chi connectivity index (χ0n) is 14.1. The molecule has 1 aliphatic carbocycles. The van der Waals surface area contributed by atoms with Crippen LogP contribution in [-0.4, -0.2) is 46.4 Å². The topological polar surface area (TPSA) is 86.7 Å².